The van der Waals surface area contributed by atoms with Crippen LogP contribution in [0, 0.1) is 16.0 Å². The molecule has 0 amide bonds. The van der Waals surface area contributed by atoms with Crippen molar-refractivity contribution in [3.05, 3.63) is 87.1 Å². The summed E-state index contributed by atoms with van der Waals surface area (Å²) in [6.45, 7) is 3.33. The van der Waals surface area contributed by atoms with Crippen molar-refractivity contribution >= 4 is 23.3 Å². The first-order valence-electron chi connectivity index (χ1n) is 11.2. The van der Waals surface area contributed by atoms with Gasteiger partial charge in [-0.25, -0.2) is 9.18 Å². The number of nitro benzene ring substituents is 1. The Labute approximate surface area is 202 Å². The number of rotatable bonds is 9. The smallest absolute Gasteiger partial charge is 0.336 e. The van der Waals surface area contributed by atoms with E-state index in [9.17, 15) is 24.1 Å². The van der Waals surface area contributed by atoms with Crippen molar-refractivity contribution < 1.29 is 28.4 Å². The van der Waals surface area contributed by atoms with E-state index in [1.54, 1.807) is 50.2 Å². The standard InChI is InChI=1S/C26H27FN2O6/c1-4-35-26(31)24-21(14-13-20(27)17-9-6-5-7-10-17)28-16(2)22(25(30)34-3)23(24)18-11-8-12-19(15-18)29(32)33/h5-12,15,20,22-23H,4,13-14H2,1-3H3. The molecule has 9 heteroatoms. The Morgan fingerprint density at radius 3 is 2.51 bits per heavy atom. The van der Waals surface area contributed by atoms with E-state index in [2.05, 4.69) is 4.99 Å². The van der Waals surface area contributed by atoms with Gasteiger partial charge in [0.05, 0.1) is 29.9 Å². The second-order valence-electron chi connectivity index (χ2n) is 8.08. The van der Waals surface area contributed by atoms with Crippen molar-refractivity contribution in [1.29, 1.82) is 0 Å². The number of nitrogens with zero attached hydrogens (tertiary/aromatic N) is 2. The number of nitro groups is 1. The van der Waals surface area contributed by atoms with Crippen molar-refractivity contribution in [2.45, 2.75) is 38.8 Å². The molecule has 1 aliphatic heterocycles. The minimum atomic E-state index is -1.29. The lowest BCUT2D eigenvalue weighted by atomic mass is 9.75. The summed E-state index contributed by atoms with van der Waals surface area (Å²) in [7, 11) is 1.22. The Kier molecular flexibility index (Phi) is 8.46. The highest BCUT2D eigenvalue weighted by Gasteiger charge is 2.43. The molecule has 2 aromatic carbocycles. The van der Waals surface area contributed by atoms with E-state index in [0.717, 1.165) is 0 Å². The summed E-state index contributed by atoms with van der Waals surface area (Å²) < 4.78 is 25.2. The molecule has 0 N–H and O–H groups in total. The first-order chi connectivity index (χ1) is 16.8. The number of carbonyl (C=O) groups is 2. The third kappa shape index (κ3) is 5.79. The maximum absolute atomic E-state index is 14.9. The lowest BCUT2D eigenvalue weighted by molar-refractivity contribution is -0.384. The zero-order chi connectivity index (χ0) is 25.5. The lowest BCUT2D eigenvalue weighted by Crippen LogP contribution is -2.36. The molecule has 0 fully saturated rings. The average Bonchev–Trinajstić information content (AvgIpc) is 2.86. The van der Waals surface area contributed by atoms with Gasteiger partial charge in [0.25, 0.3) is 5.69 Å². The van der Waals surface area contributed by atoms with E-state index in [1.807, 2.05) is 0 Å². The summed E-state index contributed by atoms with van der Waals surface area (Å²) in [5.74, 6) is -3.29. The van der Waals surface area contributed by atoms with Gasteiger partial charge in [-0.2, -0.15) is 0 Å². The molecule has 0 saturated carbocycles. The van der Waals surface area contributed by atoms with E-state index >= 15 is 0 Å². The molecule has 184 valence electrons. The highest BCUT2D eigenvalue weighted by molar-refractivity contribution is 6.07. The molecule has 3 unspecified atom stereocenters. The Bertz CT molecular complexity index is 1160. The minimum Gasteiger partial charge on any atom is -0.468 e. The average molecular weight is 483 g/mol. The van der Waals surface area contributed by atoms with Crippen LogP contribution in [0.3, 0.4) is 0 Å². The second kappa shape index (κ2) is 11.5. The maximum Gasteiger partial charge on any atom is 0.336 e. The Balaban J connectivity index is 2.12. The quantitative estimate of drug-likeness (QED) is 0.274. The van der Waals surface area contributed by atoms with Crippen LogP contribution >= 0.6 is 0 Å². The van der Waals surface area contributed by atoms with Gasteiger partial charge in [0, 0.05) is 23.8 Å². The van der Waals surface area contributed by atoms with Gasteiger partial charge >= 0.3 is 11.9 Å². The molecule has 8 nitrogen and oxygen atoms in total. The number of hydrogen-bond donors (Lipinski definition) is 0. The fourth-order valence-corrected chi connectivity index (χ4v) is 4.29. The van der Waals surface area contributed by atoms with E-state index in [1.165, 1.54) is 25.3 Å². The summed E-state index contributed by atoms with van der Waals surface area (Å²) in [4.78, 5) is 41.3. The van der Waals surface area contributed by atoms with Crippen LogP contribution in [0.25, 0.3) is 0 Å². The molecule has 0 radical (unpaired) electrons. The van der Waals surface area contributed by atoms with Gasteiger partial charge in [-0.1, -0.05) is 42.5 Å². The summed E-state index contributed by atoms with van der Waals surface area (Å²) in [5, 5.41) is 11.4. The van der Waals surface area contributed by atoms with Crippen LogP contribution in [0.15, 0.2) is 70.9 Å². The number of allylic oxidation sites excluding steroid dienone is 1. The summed E-state index contributed by atoms with van der Waals surface area (Å²) in [6.07, 6.45) is -1.15. The van der Waals surface area contributed by atoms with Crippen molar-refractivity contribution in [3.8, 4) is 0 Å². The molecule has 0 aromatic heterocycles. The van der Waals surface area contributed by atoms with E-state index in [0.29, 0.717) is 16.8 Å². The minimum absolute atomic E-state index is 0.0452. The fraction of sp³-hybridized carbons (Fsp3) is 0.346. The molecule has 3 rings (SSSR count). The first kappa shape index (κ1) is 25.7. The van der Waals surface area contributed by atoms with Gasteiger partial charge in [-0.15, -0.1) is 0 Å². The summed E-state index contributed by atoms with van der Waals surface area (Å²) in [5.41, 5.74) is 1.41. The zero-order valence-electron chi connectivity index (χ0n) is 19.8. The third-order valence-electron chi connectivity index (χ3n) is 5.90. The van der Waals surface area contributed by atoms with Crippen molar-refractivity contribution in [3.63, 3.8) is 0 Å². The van der Waals surface area contributed by atoms with Gasteiger partial charge in [0.15, 0.2) is 0 Å². The number of alkyl halides is 1. The summed E-state index contributed by atoms with van der Waals surface area (Å²) >= 11 is 0. The van der Waals surface area contributed by atoms with Crippen LogP contribution in [0.4, 0.5) is 10.1 Å². The first-order valence-corrected chi connectivity index (χ1v) is 11.2. The topological polar surface area (TPSA) is 108 Å². The molecular formula is C26H27FN2O6. The van der Waals surface area contributed by atoms with Crippen molar-refractivity contribution in [1.82, 2.24) is 0 Å². The third-order valence-corrected chi connectivity index (χ3v) is 5.90. The van der Waals surface area contributed by atoms with Crippen molar-refractivity contribution in [2.75, 3.05) is 13.7 Å². The number of carbonyl (C=O) groups excluding carboxylic acids is 2. The maximum atomic E-state index is 14.9. The molecule has 1 aliphatic rings. The SMILES string of the molecule is CCOC(=O)C1=C(CCC(F)c2ccccc2)N=C(C)C(C(=O)OC)C1c1cccc([N+](=O)[O-])c1. The largest absolute Gasteiger partial charge is 0.468 e. The normalized spacial score (nSPS) is 18.5. The molecule has 1 heterocycles. The van der Waals surface area contributed by atoms with E-state index in [4.69, 9.17) is 9.47 Å². The highest BCUT2D eigenvalue weighted by Crippen LogP contribution is 2.42. The lowest BCUT2D eigenvalue weighted by Gasteiger charge is -2.32. The van der Waals surface area contributed by atoms with Crippen LogP contribution < -0.4 is 0 Å². The van der Waals surface area contributed by atoms with Crippen LogP contribution in [0.5, 0.6) is 0 Å². The molecule has 35 heavy (non-hydrogen) atoms. The van der Waals surface area contributed by atoms with Crippen LogP contribution in [-0.4, -0.2) is 36.3 Å². The number of non-ortho nitro benzene ring substituents is 1. The number of benzene rings is 2. The Morgan fingerprint density at radius 2 is 1.89 bits per heavy atom. The molecule has 0 saturated heterocycles. The van der Waals surface area contributed by atoms with Crippen LogP contribution in [0.2, 0.25) is 0 Å². The second-order valence-corrected chi connectivity index (χ2v) is 8.08. The fourth-order valence-electron chi connectivity index (χ4n) is 4.29. The predicted octanol–water partition coefficient (Wildman–Crippen LogP) is 5.25. The van der Waals surface area contributed by atoms with Crippen LogP contribution in [-0.2, 0) is 19.1 Å². The van der Waals surface area contributed by atoms with Crippen LogP contribution in [0.1, 0.15) is 49.9 Å². The zero-order valence-corrected chi connectivity index (χ0v) is 19.8. The number of methoxy groups -OCH3 is 1. The molecule has 0 bridgehead atoms. The van der Waals surface area contributed by atoms with Gasteiger partial charge in [0.2, 0.25) is 0 Å². The summed E-state index contributed by atoms with van der Waals surface area (Å²) in [6, 6.07) is 14.4. The van der Waals surface area contributed by atoms with Gasteiger partial charge in [-0.05, 0) is 37.8 Å². The number of hydrogen-bond acceptors (Lipinski definition) is 7. The van der Waals surface area contributed by atoms with Crippen molar-refractivity contribution in [2.24, 2.45) is 10.9 Å². The monoisotopic (exact) mass is 482 g/mol. The molecule has 0 spiro atoms. The number of ether oxygens (including phenoxy) is 2. The van der Waals surface area contributed by atoms with Gasteiger partial charge < -0.3 is 9.47 Å². The molecule has 3 atom stereocenters. The van der Waals surface area contributed by atoms with E-state index < -0.39 is 34.9 Å². The highest BCUT2D eigenvalue weighted by atomic mass is 19.1. The number of aliphatic imine (C=N–C) groups is 1. The molecule has 0 aliphatic carbocycles. The van der Waals surface area contributed by atoms with Gasteiger partial charge in [0.1, 0.15) is 12.1 Å². The number of esters is 2. The van der Waals surface area contributed by atoms with Gasteiger partial charge in [-0.3, -0.25) is 19.9 Å². The predicted molar refractivity (Wildman–Crippen MR) is 128 cm³/mol. The van der Waals surface area contributed by atoms with E-state index in [-0.39, 0.29) is 36.4 Å². The molecular weight excluding hydrogens is 455 g/mol. The Hall–Kier alpha value is -3.88. The Morgan fingerprint density at radius 1 is 1.17 bits per heavy atom. The number of halogens is 1. The molecule has 2 aromatic rings.